The summed E-state index contributed by atoms with van der Waals surface area (Å²) >= 11 is 0. The molecule has 0 radical (unpaired) electrons. The topological polar surface area (TPSA) is 41.3 Å². The van der Waals surface area contributed by atoms with Crippen LogP contribution in [0.1, 0.15) is 28.9 Å². The molecule has 1 aliphatic rings. The molecule has 1 aromatic heterocycles. The van der Waals surface area contributed by atoms with Crippen LogP contribution < -0.4 is 0 Å². The van der Waals surface area contributed by atoms with Crippen LogP contribution >= 0.6 is 0 Å². The van der Waals surface area contributed by atoms with Gasteiger partial charge in [-0.05, 0) is 32.0 Å². The van der Waals surface area contributed by atoms with Crippen LogP contribution in [0.25, 0.3) is 0 Å². The molecule has 4 nitrogen and oxygen atoms in total. The molecule has 3 rings (SSSR count). The maximum Gasteiger partial charge on any atom is 0.129 e. The van der Waals surface area contributed by atoms with E-state index in [0.717, 1.165) is 48.5 Å². The van der Waals surface area contributed by atoms with Crippen molar-refractivity contribution in [2.75, 3.05) is 13.1 Å². The third kappa shape index (κ3) is 2.76. The van der Waals surface area contributed by atoms with Crippen LogP contribution in [-0.2, 0) is 13.1 Å². The number of hydrogen-bond donors (Lipinski definition) is 1. The van der Waals surface area contributed by atoms with Crippen molar-refractivity contribution in [3.8, 4) is 0 Å². The third-order valence-electron chi connectivity index (χ3n) is 4.29. The second-order valence-corrected chi connectivity index (χ2v) is 5.77. The van der Waals surface area contributed by atoms with Crippen molar-refractivity contribution in [1.29, 1.82) is 0 Å². The number of halogens is 2. The maximum atomic E-state index is 13.7. The molecule has 0 spiro atoms. The molecule has 22 heavy (non-hydrogen) atoms. The van der Waals surface area contributed by atoms with Gasteiger partial charge in [-0.3, -0.25) is 4.90 Å². The predicted molar refractivity (Wildman–Crippen MR) is 78.3 cm³/mol. The number of aryl methyl sites for hydroxylation is 1. The second-order valence-electron chi connectivity index (χ2n) is 5.77. The van der Waals surface area contributed by atoms with Gasteiger partial charge in [0.05, 0.1) is 18.3 Å². The molecule has 118 valence electrons. The van der Waals surface area contributed by atoms with Crippen molar-refractivity contribution in [3.63, 3.8) is 0 Å². The van der Waals surface area contributed by atoms with Gasteiger partial charge in [-0.2, -0.15) is 0 Å². The lowest BCUT2D eigenvalue weighted by Gasteiger charge is -2.30. The summed E-state index contributed by atoms with van der Waals surface area (Å²) in [5.74, 6) is -0.178. The van der Waals surface area contributed by atoms with E-state index in [1.54, 1.807) is 0 Å². The molecule has 0 fully saturated rings. The summed E-state index contributed by atoms with van der Waals surface area (Å²) in [7, 11) is 0. The van der Waals surface area contributed by atoms with Gasteiger partial charge in [0.15, 0.2) is 0 Å². The summed E-state index contributed by atoms with van der Waals surface area (Å²) < 4.78 is 29.1. The van der Waals surface area contributed by atoms with Gasteiger partial charge in [-0.15, -0.1) is 0 Å². The monoisotopic (exact) mass is 307 g/mol. The summed E-state index contributed by atoms with van der Waals surface area (Å²) in [6.45, 7) is 6.41. The van der Waals surface area contributed by atoms with Gasteiger partial charge < -0.3 is 9.67 Å². The summed E-state index contributed by atoms with van der Waals surface area (Å²) in [5, 5.41) is 10.2. The largest absolute Gasteiger partial charge is 0.387 e. The standard InChI is InChI=1S/C16H19F2N3O/c1-10-11(2)21-6-5-20(9-16(21)19-10)8-15(22)13-7-12(17)3-4-14(13)18/h3-4,7,15,22H,5-6,8-9H2,1-2H3/t15-/m1/s1. The molecule has 0 bridgehead atoms. The molecule has 1 aromatic carbocycles. The Kier molecular flexibility index (Phi) is 3.97. The quantitative estimate of drug-likeness (QED) is 0.946. The Morgan fingerprint density at radius 3 is 2.82 bits per heavy atom. The highest BCUT2D eigenvalue weighted by atomic mass is 19.1. The lowest BCUT2D eigenvalue weighted by atomic mass is 10.1. The molecule has 0 saturated heterocycles. The smallest absolute Gasteiger partial charge is 0.129 e. The molecule has 6 heteroatoms. The third-order valence-corrected chi connectivity index (χ3v) is 4.29. The highest BCUT2D eigenvalue weighted by molar-refractivity contribution is 5.21. The molecule has 2 aromatic rings. The van der Waals surface area contributed by atoms with E-state index in [2.05, 4.69) is 9.55 Å². The number of imidazole rings is 1. The zero-order chi connectivity index (χ0) is 15.9. The zero-order valence-corrected chi connectivity index (χ0v) is 12.7. The van der Waals surface area contributed by atoms with E-state index in [4.69, 9.17) is 0 Å². The Morgan fingerprint density at radius 2 is 2.05 bits per heavy atom. The Balaban J connectivity index is 1.73. The van der Waals surface area contributed by atoms with E-state index in [1.165, 1.54) is 0 Å². The molecule has 1 N–H and O–H groups in total. The summed E-state index contributed by atoms with van der Waals surface area (Å²) in [6.07, 6.45) is -1.06. The number of fused-ring (bicyclic) bond motifs is 1. The van der Waals surface area contributed by atoms with Gasteiger partial charge in [0.1, 0.15) is 17.5 Å². The summed E-state index contributed by atoms with van der Waals surface area (Å²) in [5.41, 5.74) is 2.17. The van der Waals surface area contributed by atoms with Gasteiger partial charge in [0, 0.05) is 30.9 Å². The fourth-order valence-electron chi connectivity index (χ4n) is 2.93. The van der Waals surface area contributed by atoms with E-state index < -0.39 is 17.7 Å². The van der Waals surface area contributed by atoms with E-state index in [1.807, 2.05) is 18.7 Å². The normalized spacial score (nSPS) is 16.6. The van der Waals surface area contributed by atoms with Crippen LogP contribution in [0.3, 0.4) is 0 Å². The zero-order valence-electron chi connectivity index (χ0n) is 12.7. The number of nitrogens with zero attached hydrogens (tertiary/aromatic N) is 3. The lowest BCUT2D eigenvalue weighted by Crippen LogP contribution is -2.37. The number of aliphatic hydroxyl groups excluding tert-OH is 1. The first-order valence-electron chi connectivity index (χ1n) is 7.33. The first-order chi connectivity index (χ1) is 10.5. The molecule has 2 heterocycles. The van der Waals surface area contributed by atoms with Crippen molar-refractivity contribution >= 4 is 0 Å². The number of aliphatic hydroxyl groups is 1. The molecule has 0 amide bonds. The Bertz CT molecular complexity index is 699. The van der Waals surface area contributed by atoms with Crippen LogP contribution in [0.4, 0.5) is 8.78 Å². The Labute approximate surface area is 128 Å². The molecule has 0 unspecified atom stereocenters. The minimum absolute atomic E-state index is 0.00118. The summed E-state index contributed by atoms with van der Waals surface area (Å²) in [6, 6.07) is 3.15. The SMILES string of the molecule is Cc1nc2n(c1C)CCN(C[C@@H](O)c1cc(F)ccc1F)C2. The van der Waals surface area contributed by atoms with Crippen LogP contribution in [0.2, 0.25) is 0 Å². The van der Waals surface area contributed by atoms with Crippen molar-refractivity contribution in [2.45, 2.75) is 33.0 Å². The Morgan fingerprint density at radius 1 is 1.27 bits per heavy atom. The van der Waals surface area contributed by atoms with Gasteiger partial charge in [0.25, 0.3) is 0 Å². The predicted octanol–water partition coefficient (Wildman–Crippen LogP) is 2.33. The molecular weight excluding hydrogens is 288 g/mol. The average molecular weight is 307 g/mol. The first kappa shape index (κ1) is 15.1. The number of β-amino-alcohol motifs (C(OH)–C–C–N with tert-alkyl or cyclic N) is 1. The van der Waals surface area contributed by atoms with Gasteiger partial charge >= 0.3 is 0 Å². The molecule has 0 saturated carbocycles. The average Bonchev–Trinajstić information content (AvgIpc) is 2.76. The molecular formula is C16H19F2N3O. The van der Waals surface area contributed by atoms with Gasteiger partial charge in [0.2, 0.25) is 0 Å². The van der Waals surface area contributed by atoms with Crippen LogP contribution in [0.5, 0.6) is 0 Å². The van der Waals surface area contributed by atoms with E-state index in [9.17, 15) is 13.9 Å². The fraction of sp³-hybridized carbons (Fsp3) is 0.438. The lowest BCUT2D eigenvalue weighted by molar-refractivity contribution is 0.0932. The highest BCUT2D eigenvalue weighted by Gasteiger charge is 2.23. The van der Waals surface area contributed by atoms with Crippen LogP contribution in [0, 0.1) is 25.5 Å². The molecule has 0 aliphatic carbocycles. The first-order valence-corrected chi connectivity index (χ1v) is 7.33. The van der Waals surface area contributed by atoms with Crippen molar-refractivity contribution in [2.24, 2.45) is 0 Å². The van der Waals surface area contributed by atoms with E-state index in [-0.39, 0.29) is 12.1 Å². The molecule has 1 atom stereocenters. The van der Waals surface area contributed by atoms with Crippen LogP contribution in [-0.4, -0.2) is 32.6 Å². The summed E-state index contributed by atoms with van der Waals surface area (Å²) in [4.78, 5) is 6.53. The second kappa shape index (κ2) is 5.78. The number of aromatic nitrogens is 2. The van der Waals surface area contributed by atoms with Crippen molar-refractivity contribution in [1.82, 2.24) is 14.5 Å². The van der Waals surface area contributed by atoms with E-state index >= 15 is 0 Å². The number of benzene rings is 1. The number of hydrogen-bond acceptors (Lipinski definition) is 3. The Hall–Kier alpha value is -1.79. The van der Waals surface area contributed by atoms with Crippen LogP contribution in [0.15, 0.2) is 18.2 Å². The number of rotatable bonds is 3. The maximum absolute atomic E-state index is 13.7. The minimum atomic E-state index is -1.06. The minimum Gasteiger partial charge on any atom is -0.387 e. The fourth-order valence-corrected chi connectivity index (χ4v) is 2.93. The van der Waals surface area contributed by atoms with E-state index in [0.29, 0.717) is 6.54 Å². The molecule has 1 aliphatic heterocycles. The van der Waals surface area contributed by atoms with Crippen molar-refractivity contribution in [3.05, 3.63) is 52.6 Å². The highest BCUT2D eigenvalue weighted by Crippen LogP contribution is 2.22. The van der Waals surface area contributed by atoms with Gasteiger partial charge in [-0.1, -0.05) is 0 Å². The van der Waals surface area contributed by atoms with Crippen molar-refractivity contribution < 1.29 is 13.9 Å². The van der Waals surface area contributed by atoms with Gasteiger partial charge in [-0.25, -0.2) is 13.8 Å².